The van der Waals surface area contributed by atoms with Crippen LogP contribution in [0.3, 0.4) is 0 Å². The first-order valence-corrected chi connectivity index (χ1v) is 10.3. The number of rotatable bonds is 4. The highest BCUT2D eigenvalue weighted by Crippen LogP contribution is 2.25. The summed E-state index contributed by atoms with van der Waals surface area (Å²) in [6.45, 7) is 5.57. The van der Waals surface area contributed by atoms with Crippen molar-refractivity contribution in [3.63, 3.8) is 0 Å². The van der Waals surface area contributed by atoms with Gasteiger partial charge in [0.15, 0.2) is 5.82 Å². The molecule has 1 saturated heterocycles. The van der Waals surface area contributed by atoms with Gasteiger partial charge in [0.05, 0.1) is 11.2 Å². The van der Waals surface area contributed by atoms with Crippen LogP contribution in [0.4, 0.5) is 14.5 Å². The van der Waals surface area contributed by atoms with E-state index in [0.717, 1.165) is 0 Å². The molecule has 1 aliphatic rings. The average molecular weight is 442 g/mol. The first-order valence-electron chi connectivity index (χ1n) is 10.3. The predicted molar refractivity (Wildman–Crippen MR) is 117 cm³/mol. The van der Waals surface area contributed by atoms with E-state index in [0.29, 0.717) is 48.6 Å². The van der Waals surface area contributed by atoms with E-state index in [4.69, 9.17) is 0 Å². The maximum Gasteiger partial charge on any atom is 0.269 e. The molecule has 0 saturated carbocycles. The molecule has 1 fully saturated rings. The van der Waals surface area contributed by atoms with Crippen molar-refractivity contribution in [2.45, 2.75) is 26.4 Å². The molecule has 0 bridgehead atoms. The van der Waals surface area contributed by atoms with Gasteiger partial charge in [0.1, 0.15) is 16.9 Å². The predicted octanol–water partition coefficient (Wildman–Crippen LogP) is 1.98. The number of piperazine rings is 1. The molecule has 0 radical (unpaired) electrons. The van der Waals surface area contributed by atoms with Crippen molar-refractivity contribution in [1.29, 1.82) is 0 Å². The third kappa shape index (κ3) is 4.05. The number of hydrogen-bond donors (Lipinski definition) is 2. The summed E-state index contributed by atoms with van der Waals surface area (Å²) in [5, 5.41) is 2.42. The van der Waals surface area contributed by atoms with Crippen LogP contribution in [-0.4, -0.2) is 58.5 Å². The first-order chi connectivity index (χ1) is 15.3. The Morgan fingerprint density at radius 3 is 2.69 bits per heavy atom. The number of carbonyl (C=O) groups excluding carboxylic acids is 1. The van der Waals surface area contributed by atoms with E-state index < -0.39 is 23.2 Å². The van der Waals surface area contributed by atoms with Gasteiger partial charge < -0.3 is 15.2 Å². The molecule has 1 atom stereocenters. The summed E-state index contributed by atoms with van der Waals surface area (Å²) in [6, 6.07) is 6.38. The number of halogens is 2. The molecule has 10 heteroatoms. The lowest BCUT2D eigenvalue weighted by atomic mass is 10.1. The van der Waals surface area contributed by atoms with Crippen LogP contribution in [0.1, 0.15) is 28.7 Å². The van der Waals surface area contributed by atoms with Crippen LogP contribution in [0.15, 0.2) is 29.1 Å². The van der Waals surface area contributed by atoms with E-state index in [1.54, 1.807) is 25.1 Å². The summed E-state index contributed by atoms with van der Waals surface area (Å²) < 4.78 is 29.6. The van der Waals surface area contributed by atoms with Crippen molar-refractivity contribution < 1.29 is 13.6 Å². The molecule has 168 valence electrons. The minimum atomic E-state index is -0.696. The quantitative estimate of drug-likeness (QED) is 0.600. The average Bonchev–Trinajstić information content (AvgIpc) is 2.77. The molecule has 2 N–H and O–H groups in total. The molecule has 0 spiro atoms. The number of aryl methyl sites for hydroxylation is 1. The number of amides is 1. The van der Waals surface area contributed by atoms with Gasteiger partial charge in [-0.2, -0.15) is 4.39 Å². The van der Waals surface area contributed by atoms with Crippen LogP contribution < -0.4 is 15.8 Å². The molecule has 32 heavy (non-hydrogen) atoms. The number of anilines is 1. The Labute approximate surface area is 183 Å². The van der Waals surface area contributed by atoms with Gasteiger partial charge in [-0.25, -0.2) is 14.4 Å². The molecule has 1 aromatic carbocycles. The standard InChI is InChI=1S/C22H24F2N6O2/c1-12-10-29(8-9-30(12)17-7-6-16(22(32)25-3)27-20(17)24)11-14-4-5-15-19(18(14)23)28-21(31)13(2)26-15/h4-7,12H,8-11H2,1-3H3,(H,25,32)(H,28,31)/t12-/m0/s1. The molecular formula is C22H24F2N6O2. The topological polar surface area (TPSA) is 94.2 Å². The number of nitrogens with zero attached hydrogens (tertiary/aromatic N) is 4. The van der Waals surface area contributed by atoms with Crippen LogP contribution in [-0.2, 0) is 6.54 Å². The highest BCUT2D eigenvalue weighted by molar-refractivity contribution is 5.92. The van der Waals surface area contributed by atoms with Crippen LogP contribution in [0.5, 0.6) is 0 Å². The highest BCUT2D eigenvalue weighted by Gasteiger charge is 2.27. The molecule has 4 rings (SSSR count). The van der Waals surface area contributed by atoms with Crippen LogP contribution in [0.2, 0.25) is 0 Å². The highest BCUT2D eigenvalue weighted by atomic mass is 19.1. The van der Waals surface area contributed by atoms with Crippen LogP contribution >= 0.6 is 0 Å². The number of pyridine rings is 1. The number of fused-ring (bicyclic) bond motifs is 1. The van der Waals surface area contributed by atoms with Gasteiger partial charge in [-0.1, -0.05) is 6.07 Å². The van der Waals surface area contributed by atoms with E-state index >= 15 is 4.39 Å². The van der Waals surface area contributed by atoms with Gasteiger partial charge >= 0.3 is 0 Å². The third-order valence-electron chi connectivity index (χ3n) is 5.76. The molecule has 0 aliphatic carbocycles. The molecule has 3 aromatic rings. The zero-order chi connectivity index (χ0) is 23.0. The van der Waals surface area contributed by atoms with E-state index in [9.17, 15) is 14.0 Å². The lowest BCUT2D eigenvalue weighted by molar-refractivity contribution is 0.0957. The number of benzene rings is 1. The molecule has 0 unspecified atom stereocenters. The van der Waals surface area contributed by atoms with Gasteiger partial charge in [0.25, 0.3) is 11.5 Å². The summed E-state index contributed by atoms with van der Waals surface area (Å²) in [7, 11) is 1.46. The molecule has 1 amide bonds. The van der Waals surface area contributed by atoms with E-state index in [2.05, 4.69) is 25.2 Å². The summed E-state index contributed by atoms with van der Waals surface area (Å²) in [5.74, 6) is -1.63. The number of H-pyrrole nitrogens is 1. The van der Waals surface area contributed by atoms with Crippen molar-refractivity contribution in [3.8, 4) is 0 Å². The van der Waals surface area contributed by atoms with Crippen molar-refractivity contribution in [2.24, 2.45) is 0 Å². The van der Waals surface area contributed by atoms with Gasteiger partial charge in [0, 0.05) is 44.8 Å². The SMILES string of the molecule is CNC(=O)c1ccc(N2CCN(Cc3ccc4nc(C)c(=O)[nH]c4c3F)C[C@@H]2C)c(F)n1. The summed E-state index contributed by atoms with van der Waals surface area (Å²) >= 11 is 0. The lowest BCUT2D eigenvalue weighted by Crippen LogP contribution is -2.52. The fourth-order valence-corrected chi connectivity index (χ4v) is 4.05. The number of hydrogen-bond acceptors (Lipinski definition) is 6. The largest absolute Gasteiger partial charge is 0.363 e. The van der Waals surface area contributed by atoms with Gasteiger partial charge in [-0.05, 0) is 32.0 Å². The Morgan fingerprint density at radius 2 is 2.00 bits per heavy atom. The van der Waals surface area contributed by atoms with Crippen molar-refractivity contribution in [1.82, 2.24) is 25.2 Å². The summed E-state index contributed by atoms with van der Waals surface area (Å²) in [6.07, 6.45) is 0. The van der Waals surface area contributed by atoms with Gasteiger partial charge in [-0.3, -0.25) is 14.5 Å². The second-order valence-corrected chi connectivity index (χ2v) is 7.95. The lowest BCUT2D eigenvalue weighted by Gasteiger charge is -2.41. The van der Waals surface area contributed by atoms with Crippen molar-refractivity contribution >= 4 is 22.6 Å². The van der Waals surface area contributed by atoms with Gasteiger partial charge in [0.2, 0.25) is 5.95 Å². The van der Waals surface area contributed by atoms with Crippen LogP contribution in [0.25, 0.3) is 11.0 Å². The molecule has 8 nitrogen and oxygen atoms in total. The molecule has 3 heterocycles. The number of aromatic amines is 1. The Kier molecular flexibility index (Phi) is 5.88. The number of nitrogens with one attached hydrogen (secondary N) is 2. The van der Waals surface area contributed by atoms with Crippen molar-refractivity contribution in [2.75, 3.05) is 31.6 Å². The van der Waals surface area contributed by atoms with E-state index in [1.807, 2.05) is 11.8 Å². The molecule has 1 aliphatic heterocycles. The first kappa shape index (κ1) is 21.8. The second-order valence-electron chi connectivity index (χ2n) is 7.95. The monoisotopic (exact) mass is 442 g/mol. The fraction of sp³-hybridized carbons (Fsp3) is 0.364. The summed E-state index contributed by atoms with van der Waals surface area (Å²) in [5.41, 5.74) is 1.21. The smallest absolute Gasteiger partial charge is 0.269 e. The third-order valence-corrected chi connectivity index (χ3v) is 5.76. The Balaban J connectivity index is 1.50. The van der Waals surface area contributed by atoms with Crippen molar-refractivity contribution in [3.05, 3.63) is 63.3 Å². The minimum absolute atomic E-state index is 0.0227. The number of aromatic nitrogens is 3. The maximum absolute atomic E-state index is 15.0. The fourth-order valence-electron chi connectivity index (χ4n) is 4.05. The molecule has 2 aromatic heterocycles. The minimum Gasteiger partial charge on any atom is -0.363 e. The Morgan fingerprint density at radius 1 is 1.22 bits per heavy atom. The van der Waals surface area contributed by atoms with Crippen LogP contribution in [0, 0.1) is 18.7 Å². The normalized spacial score (nSPS) is 17.0. The Bertz CT molecular complexity index is 1250. The Hall–Kier alpha value is -3.40. The number of carbonyl (C=O) groups is 1. The molecular weight excluding hydrogens is 418 g/mol. The maximum atomic E-state index is 15.0. The zero-order valence-electron chi connectivity index (χ0n) is 18.1. The summed E-state index contributed by atoms with van der Waals surface area (Å²) in [4.78, 5) is 38.0. The second kappa shape index (κ2) is 8.62. The zero-order valence-corrected chi connectivity index (χ0v) is 18.1. The van der Waals surface area contributed by atoms with E-state index in [-0.39, 0.29) is 17.3 Å². The van der Waals surface area contributed by atoms with Gasteiger partial charge in [-0.15, -0.1) is 0 Å². The van der Waals surface area contributed by atoms with E-state index in [1.165, 1.54) is 13.1 Å².